The number of hydrogen-bond acceptors (Lipinski definition) is 6. The minimum Gasteiger partial charge on any atom is -0.418 e. The molecule has 3 heterocycles. The van der Waals surface area contributed by atoms with Crippen molar-refractivity contribution in [3.05, 3.63) is 52.7 Å². The number of amides is 1. The molecule has 1 saturated heterocycles. The second-order valence-corrected chi connectivity index (χ2v) is 6.70. The molecule has 1 aliphatic rings. The highest BCUT2D eigenvalue weighted by Gasteiger charge is 2.35. The molecule has 0 N–H and O–H groups in total. The normalized spacial score (nSPS) is 17.2. The Bertz CT molecular complexity index is 923. The van der Waals surface area contributed by atoms with Crippen molar-refractivity contribution >= 4 is 17.2 Å². The Morgan fingerprint density at radius 2 is 2.20 bits per heavy atom. The Labute approximate surface area is 147 Å². The summed E-state index contributed by atoms with van der Waals surface area (Å²) in [6.45, 7) is 2.41. The van der Waals surface area contributed by atoms with E-state index in [1.807, 2.05) is 6.92 Å². The topological polar surface area (TPSA) is 72.1 Å². The summed E-state index contributed by atoms with van der Waals surface area (Å²) in [7, 11) is 0. The molecule has 0 saturated carbocycles. The summed E-state index contributed by atoms with van der Waals surface area (Å²) >= 11 is 1.43. The van der Waals surface area contributed by atoms with Crippen LogP contribution in [0.2, 0.25) is 0 Å². The molecule has 25 heavy (non-hydrogen) atoms. The summed E-state index contributed by atoms with van der Waals surface area (Å²) in [4.78, 5) is 19.3. The van der Waals surface area contributed by atoms with Gasteiger partial charge in [-0.1, -0.05) is 12.1 Å². The number of thiazole rings is 1. The number of hydrogen-bond donors (Lipinski definition) is 0. The van der Waals surface area contributed by atoms with Gasteiger partial charge in [-0.2, -0.15) is 0 Å². The zero-order valence-electron chi connectivity index (χ0n) is 13.5. The van der Waals surface area contributed by atoms with Crippen molar-refractivity contribution in [3.63, 3.8) is 0 Å². The van der Waals surface area contributed by atoms with Crippen LogP contribution in [0.15, 0.2) is 34.2 Å². The summed E-state index contributed by atoms with van der Waals surface area (Å²) in [5, 5.41) is 8.21. The Morgan fingerprint density at radius 1 is 1.36 bits per heavy atom. The molecule has 1 aliphatic heterocycles. The van der Waals surface area contributed by atoms with Gasteiger partial charge in [-0.3, -0.25) is 4.79 Å². The lowest BCUT2D eigenvalue weighted by Crippen LogP contribution is -2.31. The first-order valence-corrected chi connectivity index (χ1v) is 8.82. The molecule has 1 atom stereocenters. The van der Waals surface area contributed by atoms with E-state index in [2.05, 4.69) is 15.2 Å². The fourth-order valence-corrected chi connectivity index (χ4v) is 3.75. The van der Waals surface area contributed by atoms with E-state index < -0.39 is 5.82 Å². The fourth-order valence-electron chi connectivity index (χ4n) is 3.02. The molecule has 0 bridgehead atoms. The second-order valence-electron chi connectivity index (χ2n) is 5.85. The first kappa shape index (κ1) is 15.9. The molecule has 1 aromatic carbocycles. The molecule has 8 heteroatoms. The Hall–Kier alpha value is -2.61. The third-order valence-corrected chi connectivity index (χ3v) is 5.20. The maximum Gasteiger partial charge on any atom is 0.259 e. The Kier molecular flexibility index (Phi) is 4.04. The number of carbonyl (C=O) groups excluding carboxylic acids is 1. The molecule has 1 unspecified atom stereocenters. The number of halogens is 1. The average molecular weight is 358 g/mol. The lowest BCUT2D eigenvalue weighted by molar-refractivity contribution is 0.0711. The Balaban J connectivity index is 1.62. The zero-order valence-corrected chi connectivity index (χ0v) is 14.3. The van der Waals surface area contributed by atoms with Crippen LogP contribution in [0.1, 0.15) is 40.8 Å². The maximum atomic E-state index is 14.0. The van der Waals surface area contributed by atoms with Crippen molar-refractivity contribution in [2.45, 2.75) is 25.8 Å². The van der Waals surface area contributed by atoms with E-state index in [0.717, 1.165) is 17.0 Å². The first-order valence-electron chi connectivity index (χ1n) is 7.94. The van der Waals surface area contributed by atoms with Crippen molar-refractivity contribution < 1.29 is 13.6 Å². The van der Waals surface area contributed by atoms with Gasteiger partial charge in [-0.25, -0.2) is 9.37 Å². The number of aryl methyl sites for hydroxylation is 1. The van der Waals surface area contributed by atoms with Gasteiger partial charge in [0.15, 0.2) is 0 Å². The van der Waals surface area contributed by atoms with E-state index in [9.17, 15) is 9.18 Å². The van der Waals surface area contributed by atoms with Gasteiger partial charge in [0.05, 0.1) is 16.8 Å². The van der Waals surface area contributed by atoms with Crippen LogP contribution in [-0.2, 0) is 0 Å². The summed E-state index contributed by atoms with van der Waals surface area (Å²) in [6.07, 6.45) is 1.52. The lowest BCUT2D eigenvalue weighted by atomic mass is 10.1. The quantitative estimate of drug-likeness (QED) is 0.715. The summed E-state index contributed by atoms with van der Waals surface area (Å²) < 4.78 is 19.8. The van der Waals surface area contributed by atoms with Crippen molar-refractivity contribution in [1.82, 2.24) is 20.1 Å². The van der Waals surface area contributed by atoms with Crippen LogP contribution < -0.4 is 0 Å². The molecule has 0 spiro atoms. The fraction of sp³-hybridized carbons (Fsp3) is 0.294. The number of benzene rings is 1. The molecule has 0 radical (unpaired) electrons. The third-order valence-electron chi connectivity index (χ3n) is 4.28. The summed E-state index contributed by atoms with van der Waals surface area (Å²) in [5.41, 5.74) is 2.61. The highest BCUT2D eigenvalue weighted by molar-refractivity contribution is 7.13. The average Bonchev–Trinajstić information content (AvgIpc) is 3.34. The van der Waals surface area contributed by atoms with Gasteiger partial charge in [-0.15, -0.1) is 21.5 Å². The lowest BCUT2D eigenvalue weighted by Gasteiger charge is -2.22. The van der Waals surface area contributed by atoms with E-state index in [0.29, 0.717) is 24.7 Å². The molecule has 1 amide bonds. The molecule has 1 fully saturated rings. The van der Waals surface area contributed by atoms with Crippen LogP contribution in [-0.4, -0.2) is 32.5 Å². The highest BCUT2D eigenvalue weighted by Crippen LogP contribution is 2.35. The van der Waals surface area contributed by atoms with E-state index in [-0.39, 0.29) is 17.5 Å². The van der Waals surface area contributed by atoms with Crippen molar-refractivity contribution in [3.8, 4) is 10.8 Å². The largest absolute Gasteiger partial charge is 0.418 e. The second kappa shape index (κ2) is 6.36. The molecular weight excluding hydrogens is 343 g/mol. The van der Waals surface area contributed by atoms with Gasteiger partial charge in [-0.05, 0) is 31.9 Å². The van der Waals surface area contributed by atoms with Crippen LogP contribution in [0.3, 0.4) is 0 Å². The molecule has 0 aliphatic carbocycles. The van der Waals surface area contributed by atoms with E-state index >= 15 is 0 Å². The van der Waals surface area contributed by atoms with Gasteiger partial charge < -0.3 is 9.32 Å². The van der Waals surface area contributed by atoms with Crippen LogP contribution in [0.4, 0.5) is 4.39 Å². The number of aromatic nitrogens is 3. The molecular formula is C17H15FN4O2S. The SMILES string of the molecule is Cc1ncsc1-c1nnc(C2CCCN2C(=O)c2ccccc2F)o1. The van der Waals surface area contributed by atoms with E-state index in [1.165, 1.54) is 23.5 Å². The van der Waals surface area contributed by atoms with Gasteiger partial charge in [0.1, 0.15) is 16.7 Å². The van der Waals surface area contributed by atoms with Gasteiger partial charge in [0.2, 0.25) is 5.89 Å². The predicted octanol–water partition coefficient (Wildman–Crippen LogP) is 3.62. The van der Waals surface area contributed by atoms with Crippen LogP contribution in [0.5, 0.6) is 0 Å². The van der Waals surface area contributed by atoms with Crippen molar-refractivity contribution in [2.24, 2.45) is 0 Å². The van der Waals surface area contributed by atoms with Gasteiger partial charge in [0, 0.05) is 6.54 Å². The first-order chi connectivity index (χ1) is 12.1. The van der Waals surface area contributed by atoms with Crippen molar-refractivity contribution in [1.29, 1.82) is 0 Å². The number of carbonyl (C=O) groups is 1. The van der Waals surface area contributed by atoms with Crippen LogP contribution >= 0.6 is 11.3 Å². The standard InChI is InChI=1S/C17H15FN4O2S/c1-10-14(25-9-19-10)16-21-20-15(24-16)13-7-4-8-22(13)17(23)11-5-2-3-6-12(11)18/h2-3,5-6,9,13H,4,7-8H2,1H3. The number of nitrogens with zero attached hydrogens (tertiary/aromatic N) is 4. The summed E-state index contributed by atoms with van der Waals surface area (Å²) in [5.74, 6) is -0.0934. The Morgan fingerprint density at radius 3 is 2.96 bits per heavy atom. The minimum atomic E-state index is -0.523. The molecule has 4 rings (SSSR count). The zero-order chi connectivity index (χ0) is 17.4. The predicted molar refractivity (Wildman–Crippen MR) is 89.6 cm³/mol. The van der Waals surface area contributed by atoms with Crippen LogP contribution in [0.25, 0.3) is 10.8 Å². The van der Waals surface area contributed by atoms with Crippen molar-refractivity contribution in [2.75, 3.05) is 6.54 Å². The molecule has 3 aromatic rings. The molecule has 6 nitrogen and oxygen atoms in total. The summed E-state index contributed by atoms with van der Waals surface area (Å²) in [6, 6.07) is 5.66. The smallest absolute Gasteiger partial charge is 0.259 e. The van der Waals surface area contributed by atoms with Gasteiger partial charge in [0.25, 0.3) is 11.8 Å². The maximum absolute atomic E-state index is 14.0. The van der Waals surface area contributed by atoms with E-state index in [1.54, 1.807) is 22.5 Å². The van der Waals surface area contributed by atoms with Crippen LogP contribution in [0, 0.1) is 12.7 Å². The minimum absolute atomic E-state index is 0.0624. The monoisotopic (exact) mass is 358 g/mol. The molecule has 128 valence electrons. The number of likely N-dealkylation sites (tertiary alicyclic amines) is 1. The molecule has 2 aromatic heterocycles. The highest BCUT2D eigenvalue weighted by atomic mass is 32.1. The van der Waals surface area contributed by atoms with Gasteiger partial charge >= 0.3 is 0 Å². The van der Waals surface area contributed by atoms with E-state index in [4.69, 9.17) is 4.42 Å². The third kappa shape index (κ3) is 2.82. The number of rotatable bonds is 3.